The monoisotopic (exact) mass is 472 g/mol. The molecule has 3 aromatic rings. The number of halogens is 1. The van der Waals surface area contributed by atoms with E-state index in [4.69, 9.17) is 11.6 Å². The molecule has 1 heterocycles. The van der Waals surface area contributed by atoms with Gasteiger partial charge in [-0.2, -0.15) is 0 Å². The Morgan fingerprint density at radius 1 is 1.03 bits per heavy atom. The number of aliphatic carboxylic acids is 1. The van der Waals surface area contributed by atoms with Gasteiger partial charge in [-0.3, -0.25) is 4.79 Å². The number of carbonyl (C=O) groups is 3. The van der Waals surface area contributed by atoms with E-state index < -0.39 is 23.9 Å². The van der Waals surface area contributed by atoms with Crippen molar-refractivity contribution in [1.82, 2.24) is 10.3 Å². The van der Waals surface area contributed by atoms with Crippen LogP contribution in [0.5, 0.6) is 0 Å². The number of benzene rings is 2. The fourth-order valence-corrected chi connectivity index (χ4v) is 3.80. The van der Waals surface area contributed by atoms with E-state index in [-0.39, 0.29) is 10.9 Å². The van der Waals surface area contributed by atoms with Crippen LogP contribution >= 0.6 is 22.9 Å². The molecule has 0 spiro atoms. The number of urea groups is 1. The van der Waals surface area contributed by atoms with Crippen molar-refractivity contribution in [3.63, 3.8) is 0 Å². The van der Waals surface area contributed by atoms with Crippen molar-refractivity contribution in [3.8, 4) is 10.4 Å². The number of thiazole rings is 1. The summed E-state index contributed by atoms with van der Waals surface area (Å²) < 4.78 is 0. The minimum atomic E-state index is -1.09. The molecule has 0 saturated heterocycles. The number of carbonyl (C=O) groups excluding carboxylic acids is 2. The van der Waals surface area contributed by atoms with Crippen LogP contribution in [0, 0.1) is 5.92 Å². The van der Waals surface area contributed by atoms with E-state index in [1.54, 1.807) is 68.6 Å². The highest BCUT2D eigenvalue weighted by molar-refractivity contribution is 7.17. The Labute approximate surface area is 193 Å². The molecule has 3 rings (SSSR count). The summed E-state index contributed by atoms with van der Waals surface area (Å²) in [5, 5.41) is 17.7. The molecule has 0 bridgehead atoms. The summed E-state index contributed by atoms with van der Waals surface area (Å²) in [6.07, 6.45) is 1.55. The number of anilines is 2. The zero-order chi connectivity index (χ0) is 23.3. The van der Waals surface area contributed by atoms with Crippen LogP contribution in [0.2, 0.25) is 5.02 Å². The molecular formula is C22H21ClN4O4S. The average molecular weight is 473 g/mol. The Morgan fingerprint density at radius 2 is 1.72 bits per heavy atom. The van der Waals surface area contributed by atoms with Gasteiger partial charge in [0, 0.05) is 11.9 Å². The van der Waals surface area contributed by atoms with Gasteiger partial charge in [0.05, 0.1) is 15.6 Å². The highest BCUT2D eigenvalue weighted by atomic mass is 35.5. The third-order valence-corrected chi connectivity index (χ3v) is 5.84. The van der Waals surface area contributed by atoms with E-state index in [0.717, 1.165) is 21.8 Å². The van der Waals surface area contributed by atoms with Gasteiger partial charge in [0.1, 0.15) is 6.04 Å². The third-order valence-electron chi connectivity index (χ3n) is 4.47. The summed E-state index contributed by atoms with van der Waals surface area (Å²) in [7, 11) is 0. The standard InChI is InChI=1S/C22H21ClN4O4S/c1-12(2)18(21(29)30)27-19(28)20-24-11-17(32-20)13-7-9-14(10-8-13)25-22(31)26-16-6-4-3-5-15(16)23/h3-12,18H,1-2H3,(H,27,28)(H,29,30)(H2,25,26,31)/t18-/m0/s1. The number of nitrogens with zero attached hydrogens (tertiary/aromatic N) is 1. The number of carboxylic acids is 1. The van der Waals surface area contributed by atoms with Gasteiger partial charge in [-0.15, -0.1) is 11.3 Å². The Bertz CT molecular complexity index is 1130. The van der Waals surface area contributed by atoms with Crippen molar-refractivity contribution >= 4 is 52.2 Å². The number of aromatic nitrogens is 1. The first-order valence-electron chi connectivity index (χ1n) is 9.67. The maximum absolute atomic E-state index is 12.4. The van der Waals surface area contributed by atoms with Crippen LogP contribution in [-0.4, -0.2) is 34.0 Å². The molecule has 0 fully saturated rings. The van der Waals surface area contributed by atoms with Gasteiger partial charge < -0.3 is 21.1 Å². The number of amides is 3. The molecule has 1 atom stereocenters. The number of carboxylic acid groups (broad SMARTS) is 1. The lowest BCUT2D eigenvalue weighted by molar-refractivity contribution is -0.140. The highest BCUT2D eigenvalue weighted by Crippen LogP contribution is 2.27. The molecule has 8 nitrogen and oxygen atoms in total. The summed E-state index contributed by atoms with van der Waals surface area (Å²) in [5.74, 6) is -1.88. The van der Waals surface area contributed by atoms with Crippen LogP contribution in [0.1, 0.15) is 23.6 Å². The third kappa shape index (κ3) is 5.83. The topological polar surface area (TPSA) is 120 Å². The van der Waals surface area contributed by atoms with Gasteiger partial charge in [-0.25, -0.2) is 14.6 Å². The molecule has 10 heteroatoms. The molecule has 0 unspecified atom stereocenters. The molecule has 0 radical (unpaired) electrons. The smallest absolute Gasteiger partial charge is 0.326 e. The summed E-state index contributed by atoms with van der Waals surface area (Å²) >= 11 is 7.19. The van der Waals surface area contributed by atoms with Gasteiger partial charge in [0.2, 0.25) is 0 Å². The van der Waals surface area contributed by atoms with Crippen molar-refractivity contribution in [2.45, 2.75) is 19.9 Å². The Balaban J connectivity index is 1.63. The zero-order valence-electron chi connectivity index (χ0n) is 17.3. The van der Waals surface area contributed by atoms with E-state index in [1.165, 1.54) is 0 Å². The van der Waals surface area contributed by atoms with Crippen molar-refractivity contribution in [1.29, 1.82) is 0 Å². The van der Waals surface area contributed by atoms with E-state index in [2.05, 4.69) is 20.9 Å². The summed E-state index contributed by atoms with van der Waals surface area (Å²) in [5.41, 5.74) is 1.88. The predicted molar refractivity (Wildman–Crippen MR) is 125 cm³/mol. The maximum atomic E-state index is 12.4. The van der Waals surface area contributed by atoms with Gasteiger partial charge in [-0.1, -0.05) is 49.7 Å². The second-order valence-electron chi connectivity index (χ2n) is 7.20. The fraction of sp³-hybridized carbons (Fsp3) is 0.182. The molecule has 0 aliphatic rings. The number of para-hydroxylation sites is 1. The Hall–Kier alpha value is -3.43. The molecule has 166 valence electrons. The molecule has 0 saturated carbocycles. The second-order valence-corrected chi connectivity index (χ2v) is 8.64. The zero-order valence-corrected chi connectivity index (χ0v) is 18.8. The molecular weight excluding hydrogens is 452 g/mol. The number of hydrogen-bond donors (Lipinski definition) is 4. The number of hydrogen-bond acceptors (Lipinski definition) is 5. The minimum Gasteiger partial charge on any atom is -0.480 e. The first-order chi connectivity index (χ1) is 15.2. The summed E-state index contributed by atoms with van der Waals surface area (Å²) in [6, 6.07) is 12.5. The van der Waals surface area contributed by atoms with E-state index >= 15 is 0 Å². The minimum absolute atomic E-state index is 0.174. The van der Waals surface area contributed by atoms with E-state index in [1.807, 2.05) is 0 Å². The predicted octanol–water partition coefficient (Wildman–Crippen LogP) is 4.95. The maximum Gasteiger partial charge on any atom is 0.326 e. The SMILES string of the molecule is CC(C)[C@H](NC(=O)c1ncc(-c2ccc(NC(=O)Nc3ccccc3Cl)cc2)s1)C(=O)O. The van der Waals surface area contributed by atoms with Gasteiger partial charge in [0.15, 0.2) is 5.01 Å². The molecule has 32 heavy (non-hydrogen) atoms. The molecule has 1 aromatic heterocycles. The molecule has 0 aliphatic carbocycles. The lowest BCUT2D eigenvalue weighted by Crippen LogP contribution is -2.44. The number of rotatable bonds is 7. The summed E-state index contributed by atoms with van der Waals surface area (Å²) in [6.45, 7) is 3.44. The first-order valence-corrected chi connectivity index (χ1v) is 10.9. The fourth-order valence-electron chi connectivity index (χ4n) is 2.79. The highest BCUT2D eigenvalue weighted by Gasteiger charge is 2.25. The van der Waals surface area contributed by atoms with Crippen molar-refractivity contribution < 1.29 is 19.5 Å². The molecule has 2 aromatic carbocycles. The lowest BCUT2D eigenvalue weighted by Gasteiger charge is -2.16. The van der Waals surface area contributed by atoms with Gasteiger partial charge >= 0.3 is 12.0 Å². The Morgan fingerprint density at radius 3 is 2.34 bits per heavy atom. The molecule has 4 N–H and O–H groups in total. The Kier molecular flexibility index (Phi) is 7.45. The lowest BCUT2D eigenvalue weighted by atomic mass is 10.1. The van der Waals surface area contributed by atoms with Crippen molar-refractivity contribution in [2.24, 2.45) is 5.92 Å². The van der Waals surface area contributed by atoms with Crippen LogP contribution in [0.4, 0.5) is 16.2 Å². The van der Waals surface area contributed by atoms with Crippen molar-refractivity contribution in [3.05, 3.63) is 64.8 Å². The van der Waals surface area contributed by atoms with Crippen LogP contribution in [0.25, 0.3) is 10.4 Å². The largest absolute Gasteiger partial charge is 0.480 e. The van der Waals surface area contributed by atoms with E-state index in [9.17, 15) is 19.5 Å². The quantitative estimate of drug-likeness (QED) is 0.388. The van der Waals surface area contributed by atoms with Gasteiger partial charge in [-0.05, 0) is 35.7 Å². The molecule has 0 aliphatic heterocycles. The first kappa shape index (κ1) is 23.2. The number of nitrogens with one attached hydrogen (secondary N) is 3. The van der Waals surface area contributed by atoms with Crippen LogP contribution < -0.4 is 16.0 Å². The van der Waals surface area contributed by atoms with Crippen molar-refractivity contribution in [2.75, 3.05) is 10.6 Å². The normalized spacial score (nSPS) is 11.6. The summed E-state index contributed by atoms with van der Waals surface area (Å²) in [4.78, 5) is 40.7. The molecule has 3 amide bonds. The second kappa shape index (κ2) is 10.3. The van der Waals surface area contributed by atoms with E-state index in [0.29, 0.717) is 16.4 Å². The van der Waals surface area contributed by atoms with Crippen LogP contribution in [0.3, 0.4) is 0 Å². The van der Waals surface area contributed by atoms with Gasteiger partial charge in [0.25, 0.3) is 5.91 Å². The average Bonchev–Trinajstić information content (AvgIpc) is 3.24. The van der Waals surface area contributed by atoms with Crippen LogP contribution in [0.15, 0.2) is 54.7 Å². The van der Waals surface area contributed by atoms with Crippen LogP contribution in [-0.2, 0) is 4.79 Å².